The fourth-order valence-electron chi connectivity index (χ4n) is 4.30. The summed E-state index contributed by atoms with van der Waals surface area (Å²) in [7, 11) is 1.61. The van der Waals surface area contributed by atoms with Gasteiger partial charge in [0.15, 0.2) is 5.43 Å². The van der Waals surface area contributed by atoms with Crippen molar-refractivity contribution in [2.45, 2.75) is 25.0 Å². The number of methoxy groups -OCH3 is 1. The average Bonchev–Trinajstić information content (AvgIpc) is 3.36. The molecule has 2 aromatic carbocycles. The van der Waals surface area contributed by atoms with Gasteiger partial charge in [-0.15, -0.1) is 0 Å². The first-order chi connectivity index (χ1) is 14.2. The van der Waals surface area contributed by atoms with Crippen LogP contribution in [0.4, 0.5) is 0 Å². The van der Waals surface area contributed by atoms with Crippen LogP contribution in [0.2, 0.25) is 0 Å². The maximum atomic E-state index is 13.4. The molecule has 1 aromatic heterocycles. The van der Waals surface area contributed by atoms with Gasteiger partial charge in [-0.3, -0.25) is 9.59 Å². The lowest BCUT2D eigenvalue weighted by atomic mass is 9.98. The summed E-state index contributed by atoms with van der Waals surface area (Å²) in [5.41, 5.74) is 1.51. The van der Waals surface area contributed by atoms with E-state index in [1.165, 1.54) is 0 Å². The number of carbonyl (C=O) groups is 1. The number of hydrogen-bond donors (Lipinski definition) is 0. The molecule has 1 saturated heterocycles. The normalized spacial score (nSPS) is 21.0. The zero-order chi connectivity index (χ0) is 20.0. The monoisotopic (exact) mass is 391 g/mol. The highest BCUT2D eigenvalue weighted by Gasteiger charge is 2.43. The maximum absolute atomic E-state index is 13.4. The molecule has 148 valence electrons. The molecule has 0 N–H and O–H groups in total. The van der Waals surface area contributed by atoms with Crippen LogP contribution in [0, 0.1) is 0 Å². The van der Waals surface area contributed by atoms with Crippen LogP contribution in [0.3, 0.4) is 0 Å². The Bertz CT molecular complexity index is 1130. The molecule has 2 aliphatic heterocycles. The molecule has 2 aliphatic rings. The van der Waals surface area contributed by atoms with E-state index < -0.39 is 6.04 Å². The molecule has 29 heavy (non-hydrogen) atoms. The highest BCUT2D eigenvalue weighted by molar-refractivity contribution is 5.99. The van der Waals surface area contributed by atoms with Crippen LogP contribution in [0.5, 0.6) is 5.75 Å². The number of nitrogens with zero attached hydrogens (tertiary/aromatic N) is 1. The fourth-order valence-corrected chi connectivity index (χ4v) is 4.30. The molecule has 0 aliphatic carbocycles. The summed E-state index contributed by atoms with van der Waals surface area (Å²) in [6.45, 7) is 1.13. The number of benzene rings is 2. The SMILES string of the molecule is COc1ccc([C@H]2c3c(oc4ccccc4c3=O)C(=O)N2C[C@H]2CCCO2)cc1. The summed E-state index contributed by atoms with van der Waals surface area (Å²) < 4.78 is 17.0. The Labute approximate surface area is 167 Å². The standard InChI is InChI=1S/C23H21NO5/c1-27-15-10-8-14(9-11-15)20-19-21(25)17-6-2-3-7-18(17)29-22(19)23(26)24(20)13-16-5-4-12-28-16/h2-3,6-11,16,20H,4-5,12-13H2,1H3/t16-,20+/m1/s1. The lowest BCUT2D eigenvalue weighted by Crippen LogP contribution is -2.36. The summed E-state index contributed by atoms with van der Waals surface area (Å²) in [5, 5.41) is 0.483. The molecule has 3 aromatic rings. The smallest absolute Gasteiger partial charge is 0.291 e. The zero-order valence-corrected chi connectivity index (χ0v) is 16.1. The lowest BCUT2D eigenvalue weighted by Gasteiger charge is -2.27. The predicted octanol–water partition coefficient (Wildman–Crippen LogP) is 3.53. The summed E-state index contributed by atoms with van der Waals surface area (Å²) >= 11 is 0. The van der Waals surface area contributed by atoms with Crippen molar-refractivity contribution in [2.75, 3.05) is 20.3 Å². The van der Waals surface area contributed by atoms with Crippen molar-refractivity contribution in [3.63, 3.8) is 0 Å². The number of fused-ring (bicyclic) bond motifs is 2. The van der Waals surface area contributed by atoms with Crippen LogP contribution in [-0.2, 0) is 4.74 Å². The Hall–Kier alpha value is -3.12. The average molecular weight is 391 g/mol. The summed E-state index contributed by atoms with van der Waals surface area (Å²) in [4.78, 5) is 28.4. The minimum Gasteiger partial charge on any atom is -0.497 e. The molecule has 0 unspecified atom stereocenters. The number of rotatable bonds is 4. The first-order valence-corrected chi connectivity index (χ1v) is 9.79. The first-order valence-electron chi connectivity index (χ1n) is 9.79. The molecule has 0 bridgehead atoms. The van der Waals surface area contributed by atoms with Crippen LogP contribution >= 0.6 is 0 Å². The van der Waals surface area contributed by atoms with Gasteiger partial charge in [0.1, 0.15) is 11.3 Å². The maximum Gasteiger partial charge on any atom is 0.291 e. The molecule has 0 radical (unpaired) electrons. The number of amides is 1. The van der Waals surface area contributed by atoms with Crippen LogP contribution in [-0.4, -0.2) is 37.2 Å². The highest BCUT2D eigenvalue weighted by atomic mass is 16.5. The third-order valence-corrected chi connectivity index (χ3v) is 5.73. The van der Waals surface area contributed by atoms with Gasteiger partial charge in [-0.2, -0.15) is 0 Å². The summed E-state index contributed by atoms with van der Waals surface area (Å²) in [6, 6.07) is 14.0. The Morgan fingerprint density at radius 1 is 1.10 bits per heavy atom. The van der Waals surface area contributed by atoms with Crippen molar-refractivity contribution in [1.82, 2.24) is 4.90 Å². The van der Waals surface area contributed by atoms with Crippen LogP contribution in [0.15, 0.2) is 57.7 Å². The molecule has 2 atom stereocenters. The fraction of sp³-hybridized carbons (Fsp3) is 0.304. The minimum absolute atomic E-state index is 0.0291. The van der Waals surface area contributed by atoms with Gasteiger partial charge >= 0.3 is 0 Å². The van der Waals surface area contributed by atoms with Crippen molar-refractivity contribution in [3.05, 3.63) is 75.6 Å². The molecular weight excluding hydrogens is 370 g/mol. The quantitative estimate of drug-likeness (QED) is 0.681. The molecule has 3 heterocycles. The molecule has 5 rings (SSSR count). The molecule has 0 spiro atoms. The molecule has 0 saturated carbocycles. The second-order valence-electron chi connectivity index (χ2n) is 7.44. The number of para-hydroxylation sites is 1. The van der Waals surface area contributed by atoms with Gasteiger partial charge < -0.3 is 18.8 Å². The topological polar surface area (TPSA) is 69.0 Å². The number of carbonyl (C=O) groups excluding carboxylic acids is 1. The van der Waals surface area contributed by atoms with Crippen molar-refractivity contribution in [3.8, 4) is 5.75 Å². The third kappa shape index (κ3) is 2.91. The largest absolute Gasteiger partial charge is 0.497 e. The summed E-state index contributed by atoms with van der Waals surface area (Å²) in [5.74, 6) is 0.584. The van der Waals surface area contributed by atoms with Crippen LogP contribution < -0.4 is 10.2 Å². The summed E-state index contributed by atoms with van der Waals surface area (Å²) in [6.07, 6.45) is 1.85. The second-order valence-corrected chi connectivity index (χ2v) is 7.44. The van der Waals surface area contributed by atoms with Crippen molar-refractivity contribution in [2.24, 2.45) is 0 Å². The minimum atomic E-state index is -0.506. The van der Waals surface area contributed by atoms with Crippen LogP contribution in [0.1, 0.15) is 40.6 Å². The van der Waals surface area contributed by atoms with Gasteiger partial charge in [-0.05, 0) is 42.7 Å². The van der Waals surface area contributed by atoms with E-state index in [1.807, 2.05) is 24.3 Å². The van der Waals surface area contributed by atoms with E-state index >= 15 is 0 Å². The van der Waals surface area contributed by atoms with Gasteiger partial charge in [-0.1, -0.05) is 24.3 Å². The van der Waals surface area contributed by atoms with E-state index in [2.05, 4.69) is 0 Å². The van der Waals surface area contributed by atoms with Gasteiger partial charge in [0.2, 0.25) is 5.76 Å². The van der Waals surface area contributed by atoms with E-state index in [-0.39, 0.29) is 23.2 Å². The molecule has 1 amide bonds. The third-order valence-electron chi connectivity index (χ3n) is 5.73. The van der Waals surface area contributed by atoms with E-state index in [0.717, 1.165) is 24.2 Å². The Morgan fingerprint density at radius 2 is 1.90 bits per heavy atom. The lowest BCUT2D eigenvalue weighted by molar-refractivity contribution is 0.0486. The van der Waals surface area contributed by atoms with Gasteiger partial charge in [0.05, 0.1) is 30.2 Å². The second kappa shape index (κ2) is 7.04. The number of hydrogen-bond acceptors (Lipinski definition) is 5. The Morgan fingerprint density at radius 3 is 2.62 bits per heavy atom. The Balaban J connectivity index is 1.68. The van der Waals surface area contributed by atoms with Gasteiger partial charge in [0, 0.05) is 13.2 Å². The van der Waals surface area contributed by atoms with E-state index in [9.17, 15) is 9.59 Å². The van der Waals surface area contributed by atoms with E-state index in [4.69, 9.17) is 13.9 Å². The molecule has 6 nitrogen and oxygen atoms in total. The van der Waals surface area contributed by atoms with Crippen molar-refractivity contribution in [1.29, 1.82) is 0 Å². The zero-order valence-electron chi connectivity index (χ0n) is 16.1. The first kappa shape index (κ1) is 17.9. The van der Waals surface area contributed by atoms with Crippen LogP contribution in [0.25, 0.3) is 11.0 Å². The number of ether oxygens (including phenoxy) is 2. The predicted molar refractivity (Wildman–Crippen MR) is 107 cm³/mol. The highest BCUT2D eigenvalue weighted by Crippen LogP contribution is 2.39. The van der Waals surface area contributed by atoms with E-state index in [1.54, 1.807) is 36.3 Å². The molecule has 1 fully saturated rings. The van der Waals surface area contributed by atoms with Gasteiger partial charge in [-0.25, -0.2) is 0 Å². The molecule has 6 heteroatoms. The van der Waals surface area contributed by atoms with Crippen molar-refractivity contribution < 1.29 is 18.7 Å². The Kier molecular flexibility index (Phi) is 4.36. The van der Waals surface area contributed by atoms with E-state index in [0.29, 0.717) is 29.7 Å². The van der Waals surface area contributed by atoms with Crippen molar-refractivity contribution >= 4 is 16.9 Å². The molecular formula is C23H21NO5. The van der Waals surface area contributed by atoms with Gasteiger partial charge in [0.25, 0.3) is 5.91 Å².